The van der Waals surface area contributed by atoms with E-state index in [1.165, 1.54) is 0 Å². The molecule has 0 saturated carbocycles. The Morgan fingerprint density at radius 3 is 2.69 bits per heavy atom. The quantitative estimate of drug-likeness (QED) is 0.548. The van der Waals surface area contributed by atoms with Crippen molar-refractivity contribution in [1.82, 2.24) is 4.90 Å². The van der Waals surface area contributed by atoms with E-state index in [1.807, 2.05) is 42.6 Å². The Morgan fingerprint density at radius 1 is 1.12 bits per heavy atom. The molecule has 0 radical (unpaired) electrons. The highest BCUT2D eigenvalue weighted by Gasteiger charge is 2.21. The van der Waals surface area contributed by atoms with Crippen LogP contribution >= 0.6 is 34.2 Å². The summed E-state index contributed by atoms with van der Waals surface area (Å²) in [6.07, 6.45) is 5.97. The zero-order valence-electron chi connectivity index (χ0n) is 13.6. The Hall–Kier alpha value is -2.25. The molecule has 6 heteroatoms. The minimum absolute atomic E-state index is 0.339. The average Bonchev–Trinajstić information content (AvgIpc) is 2.78. The van der Waals surface area contributed by atoms with Crippen molar-refractivity contribution in [2.45, 2.75) is 6.54 Å². The van der Waals surface area contributed by atoms with Gasteiger partial charge in [0.2, 0.25) is 0 Å². The number of nitrogens with zero attached hydrogens (tertiary/aromatic N) is 3. The molecule has 26 heavy (non-hydrogen) atoms. The molecular formula is C20H13ClIN3O. The zero-order chi connectivity index (χ0) is 18.1. The molecule has 2 heterocycles. The van der Waals surface area contributed by atoms with E-state index in [4.69, 9.17) is 11.6 Å². The van der Waals surface area contributed by atoms with E-state index >= 15 is 0 Å². The molecule has 2 aliphatic rings. The topological polar surface area (TPSA) is 45.0 Å². The van der Waals surface area contributed by atoms with Gasteiger partial charge in [0.1, 0.15) is 5.84 Å². The summed E-state index contributed by atoms with van der Waals surface area (Å²) in [5.74, 6) is 0.853. The average molecular weight is 474 g/mol. The molecule has 0 bridgehead atoms. The lowest BCUT2D eigenvalue weighted by Gasteiger charge is -2.21. The largest absolute Gasteiger partial charge is 0.327 e. The molecule has 0 aliphatic carbocycles. The Balaban J connectivity index is 1.80. The van der Waals surface area contributed by atoms with Gasteiger partial charge in [0.25, 0.3) is 5.91 Å². The molecule has 2 aliphatic heterocycles. The van der Waals surface area contributed by atoms with Crippen LogP contribution in [0.2, 0.25) is 5.02 Å². The van der Waals surface area contributed by atoms with E-state index in [0.29, 0.717) is 23.0 Å². The summed E-state index contributed by atoms with van der Waals surface area (Å²) in [6, 6.07) is 14.6. The molecule has 0 unspecified atom stereocenters. The maximum atomic E-state index is 12.6. The SMILES string of the molecule is O=C(N=C1N=C2C=CC(I)=CN2Cc2ccccc21)c1ccc(Cl)cc1. The van der Waals surface area contributed by atoms with Gasteiger partial charge in [-0.2, -0.15) is 4.99 Å². The van der Waals surface area contributed by atoms with E-state index in [9.17, 15) is 4.79 Å². The van der Waals surface area contributed by atoms with Crippen LogP contribution in [0.15, 0.2) is 80.4 Å². The second kappa shape index (κ2) is 7.17. The first-order valence-corrected chi connectivity index (χ1v) is 9.43. The molecule has 0 spiro atoms. The first-order chi connectivity index (χ1) is 12.6. The fourth-order valence-corrected chi connectivity index (χ4v) is 3.45. The van der Waals surface area contributed by atoms with Crippen LogP contribution in [0.1, 0.15) is 21.5 Å². The van der Waals surface area contributed by atoms with Crippen LogP contribution < -0.4 is 0 Å². The van der Waals surface area contributed by atoms with Gasteiger partial charge in [0.15, 0.2) is 5.84 Å². The van der Waals surface area contributed by atoms with Crippen LogP contribution in [0, 0.1) is 0 Å². The number of carbonyl (C=O) groups excluding carboxylic acids is 1. The molecule has 0 fully saturated rings. The minimum Gasteiger partial charge on any atom is -0.327 e. The van der Waals surface area contributed by atoms with Gasteiger partial charge in [-0.1, -0.05) is 35.9 Å². The van der Waals surface area contributed by atoms with Gasteiger partial charge >= 0.3 is 0 Å². The predicted octanol–water partition coefficient (Wildman–Crippen LogP) is 4.99. The lowest BCUT2D eigenvalue weighted by Crippen LogP contribution is -2.24. The molecule has 4 rings (SSSR count). The molecule has 0 N–H and O–H groups in total. The van der Waals surface area contributed by atoms with Crippen molar-refractivity contribution < 1.29 is 4.79 Å². The van der Waals surface area contributed by atoms with Crippen molar-refractivity contribution in [2.75, 3.05) is 0 Å². The summed E-state index contributed by atoms with van der Waals surface area (Å²) in [5, 5.41) is 0.582. The van der Waals surface area contributed by atoms with Crippen LogP contribution in [0.3, 0.4) is 0 Å². The number of halogens is 2. The number of aliphatic imine (C=N–C) groups is 2. The van der Waals surface area contributed by atoms with E-state index in [-0.39, 0.29) is 5.91 Å². The number of benzene rings is 2. The number of allylic oxidation sites excluding steroid dienone is 2. The number of amidine groups is 2. The number of amides is 1. The van der Waals surface area contributed by atoms with E-state index in [0.717, 1.165) is 20.5 Å². The van der Waals surface area contributed by atoms with Crippen molar-refractivity contribution in [3.63, 3.8) is 0 Å². The van der Waals surface area contributed by atoms with Crippen LogP contribution in [0.25, 0.3) is 0 Å². The van der Waals surface area contributed by atoms with Gasteiger partial charge in [-0.05, 0) is 64.6 Å². The van der Waals surface area contributed by atoms with Gasteiger partial charge < -0.3 is 4.90 Å². The molecule has 1 amide bonds. The Morgan fingerprint density at radius 2 is 1.88 bits per heavy atom. The number of rotatable bonds is 1. The van der Waals surface area contributed by atoms with Gasteiger partial charge in [-0.25, -0.2) is 4.99 Å². The first-order valence-electron chi connectivity index (χ1n) is 7.98. The third kappa shape index (κ3) is 3.50. The third-order valence-electron chi connectivity index (χ3n) is 4.08. The predicted molar refractivity (Wildman–Crippen MR) is 113 cm³/mol. The fraction of sp³-hybridized carbons (Fsp3) is 0.0500. The Kier molecular flexibility index (Phi) is 4.74. The minimum atomic E-state index is -0.339. The summed E-state index contributed by atoms with van der Waals surface area (Å²) in [6.45, 7) is 0.681. The number of hydrogen-bond acceptors (Lipinski definition) is 2. The zero-order valence-corrected chi connectivity index (χ0v) is 16.5. The van der Waals surface area contributed by atoms with Crippen LogP contribution in [-0.4, -0.2) is 22.5 Å². The highest BCUT2D eigenvalue weighted by molar-refractivity contribution is 14.1. The fourth-order valence-electron chi connectivity index (χ4n) is 2.80. The van der Waals surface area contributed by atoms with Crippen molar-refractivity contribution in [3.05, 3.63) is 92.2 Å². The molecular weight excluding hydrogens is 461 g/mol. The van der Waals surface area contributed by atoms with Crippen molar-refractivity contribution >= 4 is 51.8 Å². The summed E-state index contributed by atoms with van der Waals surface area (Å²) >= 11 is 8.17. The molecule has 2 aromatic rings. The van der Waals surface area contributed by atoms with E-state index in [1.54, 1.807) is 24.3 Å². The van der Waals surface area contributed by atoms with Crippen molar-refractivity contribution in [2.24, 2.45) is 9.98 Å². The van der Waals surface area contributed by atoms with Crippen molar-refractivity contribution in [3.8, 4) is 0 Å². The van der Waals surface area contributed by atoms with Crippen LogP contribution in [0.5, 0.6) is 0 Å². The summed E-state index contributed by atoms with van der Waals surface area (Å²) in [7, 11) is 0. The summed E-state index contributed by atoms with van der Waals surface area (Å²) < 4.78 is 1.12. The number of carbonyl (C=O) groups is 1. The number of fused-ring (bicyclic) bond motifs is 2. The second-order valence-corrected chi connectivity index (χ2v) is 7.53. The van der Waals surface area contributed by atoms with Crippen molar-refractivity contribution in [1.29, 1.82) is 0 Å². The Labute approximate surface area is 169 Å². The lowest BCUT2D eigenvalue weighted by molar-refractivity contribution is 0.100. The third-order valence-corrected chi connectivity index (χ3v) is 4.97. The normalized spacial score (nSPS) is 17.2. The van der Waals surface area contributed by atoms with Crippen LogP contribution in [0.4, 0.5) is 0 Å². The standard InChI is InChI=1S/C20H13ClIN3O/c21-15-7-5-13(6-8-15)20(26)24-19-17-4-2-1-3-14(17)11-25-12-16(22)9-10-18(25)23-19/h1-10,12H,11H2. The molecule has 0 saturated heterocycles. The molecule has 2 aromatic carbocycles. The monoisotopic (exact) mass is 473 g/mol. The highest BCUT2D eigenvalue weighted by Crippen LogP contribution is 2.24. The van der Waals surface area contributed by atoms with E-state index in [2.05, 4.69) is 37.5 Å². The smallest absolute Gasteiger partial charge is 0.279 e. The van der Waals surface area contributed by atoms with E-state index < -0.39 is 0 Å². The molecule has 0 aromatic heterocycles. The Bertz CT molecular complexity index is 1010. The van der Waals surface area contributed by atoms with Gasteiger partial charge in [0, 0.05) is 32.5 Å². The maximum absolute atomic E-state index is 12.6. The highest BCUT2D eigenvalue weighted by atomic mass is 127. The van der Waals surface area contributed by atoms with Gasteiger partial charge in [-0.3, -0.25) is 4.79 Å². The maximum Gasteiger partial charge on any atom is 0.279 e. The number of hydrogen-bond donors (Lipinski definition) is 0. The van der Waals surface area contributed by atoms with Gasteiger partial charge in [-0.15, -0.1) is 0 Å². The summed E-state index contributed by atoms with van der Waals surface area (Å²) in [5.41, 5.74) is 2.42. The van der Waals surface area contributed by atoms with Crippen LogP contribution in [-0.2, 0) is 6.54 Å². The summed E-state index contributed by atoms with van der Waals surface area (Å²) in [4.78, 5) is 23.7. The molecule has 4 nitrogen and oxygen atoms in total. The lowest BCUT2D eigenvalue weighted by atomic mass is 10.1. The molecule has 0 atom stereocenters. The second-order valence-electron chi connectivity index (χ2n) is 5.85. The molecule has 128 valence electrons. The first kappa shape index (κ1) is 17.2. The van der Waals surface area contributed by atoms with Gasteiger partial charge in [0.05, 0.1) is 0 Å².